The third kappa shape index (κ3) is 4.68. The maximum atomic E-state index is 10.00. The molecule has 3 atom stereocenters. The summed E-state index contributed by atoms with van der Waals surface area (Å²) in [6, 6.07) is 11.0. The number of hydrogen-bond donors (Lipinski definition) is 1. The first-order chi connectivity index (χ1) is 14.0. The second kappa shape index (κ2) is 9.44. The largest absolute Gasteiger partial charge is 0.478 e. The zero-order chi connectivity index (χ0) is 22.6. The standard InChI is InChI=1S/C20H31NO.C5H6O3/c1-18(2)17-11-12-19(18,3)20(15-17,22-14-13-21(4)5)16-9-7-6-8-10-16;1-4(6)2-3-5(7)8/h6-10,17H,11-15H2,1-5H3;2-3H,1H3,(H,7,8)/b;3-2+. The van der Waals surface area contributed by atoms with Crippen LogP contribution in [0.4, 0.5) is 0 Å². The van der Waals surface area contributed by atoms with Crippen molar-refractivity contribution in [2.24, 2.45) is 16.7 Å². The number of carbonyl (C=O) groups is 2. The Morgan fingerprint density at radius 3 is 2.20 bits per heavy atom. The van der Waals surface area contributed by atoms with Gasteiger partial charge in [-0.25, -0.2) is 4.79 Å². The molecule has 2 fully saturated rings. The number of aliphatic carboxylic acids is 1. The molecule has 1 N–H and O–H groups in total. The van der Waals surface area contributed by atoms with Crippen LogP contribution in [0.3, 0.4) is 0 Å². The van der Waals surface area contributed by atoms with E-state index in [0.29, 0.717) is 5.41 Å². The fourth-order valence-electron chi connectivity index (χ4n) is 5.28. The minimum Gasteiger partial charge on any atom is -0.478 e. The Hall–Kier alpha value is -1.98. The van der Waals surface area contributed by atoms with Gasteiger partial charge in [0.1, 0.15) is 0 Å². The lowest BCUT2D eigenvalue weighted by molar-refractivity contribution is -0.148. The molecule has 0 amide bonds. The summed E-state index contributed by atoms with van der Waals surface area (Å²) in [4.78, 5) is 21.9. The monoisotopic (exact) mass is 415 g/mol. The van der Waals surface area contributed by atoms with Crippen molar-refractivity contribution in [3.05, 3.63) is 48.0 Å². The highest BCUT2D eigenvalue weighted by molar-refractivity contribution is 5.93. The Morgan fingerprint density at radius 2 is 1.80 bits per heavy atom. The van der Waals surface area contributed by atoms with Crippen molar-refractivity contribution in [3.8, 4) is 0 Å². The normalized spacial score (nSPS) is 29.1. The van der Waals surface area contributed by atoms with Crippen molar-refractivity contribution in [1.29, 1.82) is 0 Å². The highest BCUT2D eigenvalue weighted by Crippen LogP contribution is 2.73. The van der Waals surface area contributed by atoms with Gasteiger partial charge in [-0.1, -0.05) is 51.1 Å². The molecule has 1 aromatic rings. The SMILES string of the molecule is CC(=O)/C=C/C(=O)O.CN(C)CCOC1(c2ccccc2)CC2CCC1(C)C2(C)C. The Balaban J connectivity index is 0.000000343. The van der Waals surface area contributed by atoms with E-state index in [2.05, 4.69) is 70.1 Å². The van der Waals surface area contributed by atoms with E-state index in [1.54, 1.807) is 0 Å². The zero-order valence-corrected chi connectivity index (χ0v) is 19.3. The van der Waals surface area contributed by atoms with Gasteiger partial charge < -0.3 is 14.7 Å². The fourth-order valence-corrected chi connectivity index (χ4v) is 5.28. The van der Waals surface area contributed by atoms with E-state index in [1.165, 1.54) is 31.7 Å². The van der Waals surface area contributed by atoms with Gasteiger partial charge in [0.05, 0.1) is 12.2 Å². The summed E-state index contributed by atoms with van der Waals surface area (Å²) < 4.78 is 6.72. The first-order valence-electron chi connectivity index (χ1n) is 10.7. The molecule has 0 radical (unpaired) electrons. The average molecular weight is 416 g/mol. The predicted octanol–water partition coefficient (Wildman–Crippen LogP) is 4.52. The first kappa shape index (κ1) is 24.3. The molecular weight excluding hydrogens is 378 g/mol. The van der Waals surface area contributed by atoms with E-state index < -0.39 is 5.97 Å². The van der Waals surface area contributed by atoms with Gasteiger partial charge in [-0.3, -0.25) is 4.79 Å². The van der Waals surface area contributed by atoms with Crippen LogP contribution in [-0.4, -0.2) is 49.0 Å². The van der Waals surface area contributed by atoms with Gasteiger partial charge in [-0.15, -0.1) is 0 Å². The molecule has 0 aliphatic heterocycles. The smallest absolute Gasteiger partial charge is 0.328 e. The number of carboxylic acid groups (broad SMARTS) is 1. The Bertz CT molecular complexity index is 755. The van der Waals surface area contributed by atoms with Gasteiger partial charge >= 0.3 is 5.97 Å². The molecule has 0 aromatic heterocycles. The highest BCUT2D eigenvalue weighted by Gasteiger charge is 2.69. The minimum atomic E-state index is -1.10. The van der Waals surface area contributed by atoms with Crippen LogP contribution >= 0.6 is 0 Å². The van der Waals surface area contributed by atoms with E-state index in [1.807, 2.05) is 0 Å². The van der Waals surface area contributed by atoms with E-state index in [-0.39, 0.29) is 16.8 Å². The summed E-state index contributed by atoms with van der Waals surface area (Å²) in [6.45, 7) is 10.5. The highest BCUT2D eigenvalue weighted by atomic mass is 16.5. The molecular formula is C25H37NO4. The van der Waals surface area contributed by atoms with Crippen molar-refractivity contribution in [1.82, 2.24) is 4.90 Å². The predicted molar refractivity (Wildman–Crippen MR) is 119 cm³/mol. The lowest BCUT2D eigenvalue weighted by atomic mass is 9.62. The van der Waals surface area contributed by atoms with Gasteiger partial charge in [-0.05, 0) is 63.3 Å². The molecule has 2 aliphatic rings. The minimum absolute atomic E-state index is 0.114. The molecule has 2 aliphatic carbocycles. The van der Waals surface area contributed by atoms with Gasteiger partial charge in [-0.2, -0.15) is 0 Å². The molecule has 0 spiro atoms. The maximum Gasteiger partial charge on any atom is 0.328 e. The number of ketones is 1. The number of rotatable bonds is 7. The average Bonchev–Trinajstić information content (AvgIpc) is 3.00. The van der Waals surface area contributed by atoms with Crippen LogP contribution in [0.15, 0.2) is 42.5 Å². The number of nitrogens with zero attached hydrogens (tertiary/aromatic N) is 1. The van der Waals surface area contributed by atoms with Crippen LogP contribution in [0.2, 0.25) is 0 Å². The van der Waals surface area contributed by atoms with Crippen LogP contribution in [0.1, 0.15) is 52.5 Å². The molecule has 0 saturated heterocycles. The van der Waals surface area contributed by atoms with Crippen LogP contribution in [0.5, 0.6) is 0 Å². The van der Waals surface area contributed by atoms with Crippen LogP contribution < -0.4 is 0 Å². The van der Waals surface area contributed by atoms with Crippen molar-refractivity contribution < 1.29 is 19.4 Å². The number of likely N-dealkylation sites (N-methyl/N-ethyl adjacent to an activating group) is 1. The number of allylic oxidation sites excluding steroid dienone is 1. The first-order valence-corrected chi connectivity index (χ1v) is 10.7. The van der Waals surface area contributed by atoms with E-state index in [4.69, 9.17) is 9.84 Å². The van der Waals surface area contributed by atoms with Crippen molar-refractivity contribution in [2.45, 2.75) is 52.6 Å². The number of benzene rings is 1. The number of fused-ring (bicyclic) bond motifs is 2. The molecule has 3 unspecified atom stereocenters. The topological polar surface area (TPSA) is 66.8 Å². The molecule has 166 valence electrons. The van der Waals surface area contributed by atoms with Crippen LogP contribution in [-0.2, 0) is 19.9 Å². The Labute approximate surface area is 181 Å². The third-order valence-corrected chi connectivity index (χ3v) is 7.45. The summed E-state index contributed by atoms with van der Waals surface area (Å²) >= 11 is 0. The Kier molecular flexibility index (Phi) is 7.64. The van der Waals surface area contributed by atoms with Gasteiger partial charge in [0.25, 0.3) is 0 Å². The van der Waals surface area contributed by atoms with E-state index in [0.717, 1.165) is 31.2 Å². The Morgan fingerprint density at radius 1 is 1.17 bits per heavy atom. The molecule has 5 nitrogen and oxygen atoms in total. The van der Waals surface area contributed by atoms with Crippen molar-refractivity contribution in [3.63, 3.8) is 0 Å². The van der Waals surface area contributed by atoms with E-state index >= 15 is 0 Å². The molecule has 3 rings (SSSR count). The second-order valence-electron chi connectivity index (χ2n) is 9.62. The van der Waals surface area contributed by atoms with Crippen molar-refractivity contribution in [2.75, 3.05) is 27.2 Å². The lowest BCUT2D eigenvalue weighted by Crippen LogP contribution is -2.47. The van der Waals surface area contributed by atoms with Gasteiger partial charge in [0, 0.05) is 18.0 Å². The summed E-state index contributed by atoms with van der Waals surface area (Å²) in [5.41, 5.74) is 1.84. The number of carboxylic acids is 1. The van der Waals surface area contributed by atoms with Gasteiger partial charge in [0.2, 0.25) is 0 Å². The number of carbonyl (C=O) groups excluding carboxylic acids is 1. The maximum absolute atomic E-state index is 10.00. The van der Waals surface area contributed by atoms with Gasteiger partial charge in [0.15, 0.2) is 5.78 Å². The quantitative estimate of drug-likeness (QED) is 0.663. The molecule has 1 aromatic carbocycles. The second-order valence-corrected chi connectivity index (χ2v) is 9.62. The summed E-state index contributed by atoms with van der Waals surface area (Å²) in [7, 11) is 4.23. The third-order valence-electron chi connectivity index (χ3n) is 7.45. The number of ether oxygens (including phenoxy) is 1. The van der Waals surface area contributed by atoms with Crippen LogP contribution in [0, 0.1) is 16.7 Å². The summed E-state index contributed by atoms with van der Waals surface area (Å²) in [5, 5.41) is 7.92. The molecule has 0 heterocycles. The molecule has 5 heteroatoms. The van der Waals surface area contributed by atoms with E-state index in [9.17, 15) is 9.59 Å². The summed E-state index contributed by atoms with van der Waals surface area (Å²) in [6.07, 6.45) is 5.62. The number of hydrogen-bond acceptors (Lipinski definition) is 4. The summed E-state index contributed by atoms with van der Waals surface area (Å²) in [5.74, 6) is -0.579. The zero-order valence-electron chi connectivity index (χ0n) is 19.3. The molecule has 2 saturated carbocycles. The molecule has 2 bridgehead atoms. The molecule has 30 heavy (non-hydrogen) atoms. The van der Waals surface area contributed by atoms with Crippen molar-refractivity contribution >= 4 is 11.8 Å². The fraction of sp³-hybridized carbons (Fsp3) is 0.600. The lowest BCUT2D eigenvalue weighted by Gasteiger charge is -2.49. The van der Waals surface area contributed by atoms with Crippen LogP contribution in [0.25, 0.3) is 0 Å².